The van der Waals surface area contributed by atoms with Crippen molar-refractivity contribution in [1.82, 2.24) is 5.32 Å². The summed E-state index contributed by atoms with van der Waals surface area (Å²) < 4.78 is 0.168. The van der Waals surface area contributed by atoms with Crippen molar-refractivity contribution in [2.75, 3.05) is 18.1 Å². The fourth-order valence-electron chi connectivity index (χ4n) is 0.841. The maximum atomic E-state index is 11.3. The van der Waals surface area contributed by atoms with Gasteiger partial charge in [0.2, 0.25) is 5.91 Å². The monoisotopic (exact) mass is 191 g/mol. The minimum Gasteiger partial charge on any atom is -0.354 e. The number of hydrogen-bond donors (Lipinski definition) is 1. The maximum absolute atomic E-state index is 11.3. The van der Waals surface area contributed by atoms with Gasteiger partial charge in [0.25, 0.3) is 0 Å². The number of nitrogens with one attached hydrogen (secondary N) is 1. The fourth-order valence-corrected chi connectivity index (χ4v) is 3.47. The molecule has 0 aliphatic carbocycles. The summed E-state index contributed by atoms with van der Waals surface area (Å²) in [6.07, 6.45) is 1.02. The Morgan fingerprint density at radius 2 is 2.18 bits per heavy atom. The van der Waals surface area contributed by atoms with E-state index in [2.05, 4.69) is 12.2 Å². The number of carbonyl (C=O) groups excluding carboxylic acids is 1. The van der Waals surface area contributed by atoms with E-state index in [1.807, 2.05) is 0 Å². The lowest BCUT2D eigenvalue weighted by molar-refractivity contribution is -0.119. The summed E-state index contributed by atoms with van der Waals surface area (Å²) >= 11 is 3.50. The molecule has 0 aromatic heterocycles. The summed E-state index contributed by atoms with van der Waals surface area (Å²) in [5, 5.41) is 2.89. The van der Waals surface area contributed by atoms with Crippen LogP contribution in [0.4, 0.5) is 0 Å². The lowest BCUT2D eigenvalue weighted by Crippen LogP contribution is -2.30. The van der Waals surface area contributed by atoms with E-state index in [9.17, 15) is 4.79 Å². The molecule has 0 bridgehead atoms. The number of carbonyl (C=O) groups is 1. The van der Waals surface area contributed by atoms with E-state index in [1.165, 1.54) is 0 Å². The molecule has 0 aromatic carbocycles. The number of thioether (sulfide) groups is 2. The van der Waals surface area contributed by atoms with Crippen LogP contribution in [0.1, 0.15) is 13.3 Å². The minimum absolute atomic E-state index is 0.168. The van der Waals surface area contributed by atoms with Gasteiger partial charge in [0.15, 0.2) is 0 Å². The van der Waals surface area contributed by atoms with Crippen LogP contribution < -0.4 is 5.32 Å². The van der Waals surface area contributed by atoms with Gasteiger partial charge in [-0.25, -0.2) is 0 Å². The first-order chi connectivity index (χ1) is 5.34. The van der Waals surface area contributed by atoms with Gasteiger partial charge in [0, 0.05) is 18.1 Å². The van der Waals surface area contributed by atoms with Crippen LogP contribution in [0.15, 0.2) is 0 Å². The summed E-state index contributed by atoms with van der Waals surface area (Å²) in [6.45, 7) is 2.88. The molecule has 11 heavy (non-hydrogen) atoms. The predicted octanol–water partition coefficient (Wildman–Crippen LogP) is 1.32. The van der Waals surface area contributed by atoms with Crippen molar-refractivity contribution < 1.29 is 4.79 Å². The van der Waals surface area contributed by atoms with E-state index in [4.69, 9.17) is 0 Å². The molecular formula is C7H13NOS2. The van der Waals surface area contributed by atoms with E-state index in [0.29, 0.717) is 0 Å². The van der Waals surface area contributed by atoms with E-state index >= 15 is 0 Å². The summed E-state index contributed by atoms with van der Waals surface area (Å²) in [6, 6.07) is 0. The molecule has 0 aromatic rings. The van der Waals surface area contributed by atoms with Crippen LogP contribution in [0.5, 0.6) is 0 Å². The molecule has 0 spiro atoms. The molecule has 1 aliphatic rings. The van der Waals surface area contributed by atoms with Gasteiger partial charge >= 0.3 is 0 Å². The van der Waals surface area contributed by atoms with Crippen molar-refractivity contribution in [1.29, 1.82) is 0 Å². The van der Waals surface area contributed by atoms with E-state index in [-0.39, 0.29) is 10.5 Å². The second-order valence-electron chi connectivity index (χ2n) is 2.36. The second-order valence-corrected chi connectivity index (χ2v) is 5.09. The van der Waals surface area contributed by atoms with Crippen LogP contribution in [-0.4, -0.2) is 28.5 Å². The van der Waals surface area contributed by atoms with E-state index in [1.54, 1.807) is 23.5 Å². The van der Waals surface area contributed by atoms with Crippen LogP contribution in [0.3, 0.4) is 0 Å². The van der Waals surface area contributed by atoms with Gasteiger partial charge in [-0.2, -0.15) is 0 Å². The molecule has 0 atom stereocenters. The minimum atomic E-state index is 0.168. The molecule has 1 rings (SSSR count). The summed E-state index contributed by atoms with van der Waals surface area (Å²) in [5.41, 5.74) is 0. The van der Waals surface area contributed by atoms with E-state index < -0.39 is 0 Å². The van der Waals surface area contributed by atoms with Crippen molar-refractivity contribution in [3.05, 3.63) is 0 Å². The first kappa shape index (κ1) is 9.26. The molecule has 4 heteroatoms. The Bertz CT molecular complexity index is 134. The predicted molar refractivity (Wildman–Crippen MR) is 52.0 cm³/mol. The number of amides is 1. The van der Waals surface area contributed by atoms with Crippen LogP contribution >= 0.6 is 23.5 Å². The van der Waals surface area contributed by atoms with Gasteiger partial charge in [0.05, 0.1) is 0 Å². The zero-order valence-electron chi connectivity index (χ0n) is 6.63. The Kier molecular flexibility index (Phi) is 4.15. The van der Waals surface area contributed by atoms with Crippen molar-refractivity contribution >= 4 is 29.4 Å². The molecule has 1 saturated heterocycles. The summed E-state index contributed by atoms with van der Waals surface area (Å²) in [5.74, 6) is 2.45. The molecule has 0 unspecified atom stereocenters. The normalized spacial score (nSPS) is 18.6. The average Bonchev–Trinajstić information content (AvgIpc) is 2.52. The Balaban J connectivity index is 2.17. The highest BCUT2D eigenvalue weighted by Crippen LogP contribution is 2.31. The highest BCUT2D eigenvalue weighted by molar-refractivity contribution is 8.21. The highest BCUT2D eigenvalue weighted by Gasteiger charge is 2.23. The molecule has 1 heterocycles. The first-order valence-corrected chi connectivity index (χ1v) is 5.95. The SMILES string of the molecule is CCCNC(=O)C1SCCS1. The molecule has 2 nitrogen and oxygen atoms in total. The Labute approximate surface area is 75.9 Å². The number of rotatable bonds is 3. The third kappa shape index (κ3) is 2.95. The average molecular weight is 191 g/mol. The third-order valence-electron chi connectivity index (χ3n) is 1.39. The van der Waals surface area contributed by atoms with Crippen LogP contribution in [0.25, 0.3) is 0 Å². The molecule has 0 radical (unpaired) electrons. The molecule has 1 N–H and O–H groups in total. The van der Waals surface area contributed by atoms with Crippen LogP contribution in [0, 0.1) is 0 Å². The number of hydrogen-bond acceptors (Lipinski definition) is 3. The quantitative estimate of drug-likeness (QED) is 0.729. The van der Waals surface area contributed by atoms with E-state index in [0.717, 1.165) is 24.5 Å². The Morgan fingerprint density at radius 3 is 2.73 bits per heavy atom. The third-order valence-corrected chi connectivity index (χ3v) is 4.37. The molecule has 0 saturated carbocycles. The molecule has 1 amide bonds. The molecule has 64 valence electrons. The summed E-state index contributed by atoms with van der Waals surface area (Å²) in [7, 11) is 0. The largest absolute Gasteiger partial charge is 0.354 e. The zero-order chi connectivity index (χ0) is 8.10. The van der Waals surface area contributed by atoms with Gasteiger partial charge in [-0.3, -0.25) is 4.79 Å². The lowest BCUT2D eigenvalue weighted by atomic mass is 10.5. The molecule has 1 fully saturated rings. The maximum Gasteiger partial charge on any atom is 0.243 e. The standard InChI is InChI=1S/C7H13NOS2/c1-2-3-8-6(9)7-10-4-5-11-7/h7H,2-5H2,1H3,(H,8,9). The van der Waals surface area contributed by atoms with Gasteiger partial charge in [-0.05, 0) is 6.42 Å². The molecular weight excluding hydrogens is 178 g/mol. The second kappa shape index (κ2) is 4.93. The lowest BCUT2D eigenvalue weighted by Gasteiger charge is -2.07. The zero-order valence-corrected chi connectivity index (χ0v) is 8.26. The van der Waals surface area contributed by atoms with Crippen molar-refractivity contribution in [2.45, 2.75) is 17.9 Å². The molecule has 1 aliphatic heterocycles. The fraction of sp³-hybridized carbons (Fsp3) is 0.857. The van der Waals surface area contributed by atoms with Gasteiger partial charge in [-0.1, -0.05) is 6.92 Å². The van der Waals surface area contributed by atoms with Crippen LogP contribution in [-0.2, 0) is 4.79 Å². The topological polar surface area (TPSA) is 29.1 Å². The van der Waals surface area contributed by atoms with Gasteiger partial charge in [-0.15, -0.1) is 23.5 Å². The van der Waals surface area contributed by atoms with Crippen LogP contribution in [0.2, 0.25) is 0 Å². The van der Waals surface area contributed by atoms with Crippen molar-refractivity contribution in [2.24, 2.45) is 0 Å². The van der Waals surface area contributed by atoms with Crippen molar-refractivity contribution in [3.8, 4) is 0 Å². The van der Waals surface area contributed by atoms with Gasteiger partial charge in [0.1, 0.15) is 4.58 Å². The first-order valence-electron chi connectivity index (χ1n) is 3.85. The van der Waals surface area contributed by atoms with Crippen molar-refractivity contribution in [3.63, 3.8) is 0 Å². The smallest absolute Gasteiger partial charge is 0.243 e. The highest BCUT2D eigenvalue weighted by atomic mass is 32.2. The van der Waals surface area contributed by atoms with Gasteiger partial charge < -0.3 is 5.32 Å². The summed E-state index contributed by atoms with van der Waals surface area (Å²) in [4.78, 5) is 11.3. The Hall–Kier alpha value is 0.170. The Morgan fingerprint density at radius 1 is 1.55 bits per heavy atom.